The number of hydrogen-bond acceptors (Lipinski definition) is 4. The third-order valence-corrected chi connectivity index (χ3v) is 5.92. The molecule has 3 aromatic rings. The van der Waals surface area contributed by atoms with Crippen molar-refractivity contribution in [3.63, 3.8) is 0 Å². The molecule has 33 heavy (non-hydrogen) atoms. The average molecular weight is 457 g/mol. The normalized spacial score (nSPS) is 11.5. The van der Waals surface area contributed by atoms with Crippen molar-refractivity contribution in [2.45, 2.75) is 18.7 Å². The summed E-state index contributed by atoms with van der Waals surface area (Å²) in [5, 5.41) is 3.56. The second-order valence-electron chi connectivity index (χ2n) is 7.15. The topological polar surface area (TPSA) is 51.2 Å². The van der Waals surface area contributed by atoms with Crippen molar-refractivity contribution < 1.29 is 9.53 Å². The highest BCUT2D eigenvalue weighted by molar-refractivity contribution is 7.99. The van der Waals surface area contributed by atoms with Gasteiger partial charge in [-0.3, -0.25) is 9.78 Å². The molecule has 0 spiro atoms. The van der Waals surface area contributed by atoms with Gasteiger partial charge in [-0.15, -0.1) is 11.8 Å². The van der Waals surface area contributed by atoms with E-state index in [4.69, 9.17) is 4.74 Å². The number of allylic oxidation sites excluding steroid dienone is 5. The molecule has 0 saturated heterocycles. The summed E-state index contributed by atoms with van der Waals surface area (Å²) in [6, 6.07) is 13.7. The molecular formula is C28H28N2O2S. The van der Waals surface area contributed by atoms with E-state index in [1.54, 1.807) is 31.1 Å². The molecule has 3 rings (SSSR count). The van der Waals surface area contributed by atoms with Crippen molar-refractivity contribution in [2.75, 3.05) is 12.8 Å². The molecule has 0 fully saturated rings. The van der Waals surface area contributed by atoms with Crippen molar-refractivity contribution in [1.82, 2.24) is 10.3 Å². The zero-order chi connectivity index (χ0) is 23.8. The first kappa shape index (κ1) is 24.1. The quantitative estimate of drug-likeness (QED) is 0.213. The van der Waals surface area contributed by atoms with E-state index in [0.717, 1.165) is 44.0 Å². The summed E-state index contributed by atoms with van der Waals surface area (Å²) >= 11 is 1.65. The summed E-state index contributed by atoms with van der Waals surface area (Å²) < 4.78 is 6.27. The summed E-state index contributed by atoms with van der Waals surface area (Å²) in [7, 11) is 1.60. The van der Waals surface area contributed by atoms with Gasteiger partial charge in [0, 0.05) is 34.7 Å². The van der Waals surface area contributed by atoms with Gasteiger partial charge in [0.2, 0.25) is 0 Å². The molecule has 5 heteroatoms. The molecule has 0 saturated carbocycles. The summed E-state index contributed by atoms with van der Waals surface area (Å²) in [4.78, 5) is 17.6. The molecule has 0 unspecified atom stereocenters. The second kappa shape index (κ2) is 11.3. The highest BCUT2D eigenvalue weighted by Gasteiger charge is 2.14. The lowest BCUT2D eigenvalue weighted by Crippen LogP contribution is -2.18. The van der Waals surface area contributed by atoms with Crippen LogP contribution < -0.4 is 10.1 Å². The standard InChI is InChI=1S/C28H28N2O2S/c1-6-9-20(10-7-2)21-11-13-24-25(17-21)30-16-15-26(24)32-22-12-14-23(19(4)28(31)29-5)27(18-22)33-8-3/h6-7,9-18H,1,4,8H2,2-3,5H3,(H,29,31)/b10-7-,20-9+. The zero-order valence-corrected chi connectivity index (χ0v) is 20.0. The molecule has 1 N–H and O–H groups in total. The van der Waals surface area contributed by atoms with Gasteiger partial charge in [-0.05, 0) is 60.2 Å². The van der Waals surface area contributed by atoms with Crippen LogP contribution in [0, 0.1) is 0 Å². The number of fused-ring (bicyclic) bond motifs is 1. The number of amides is 1. The van der Waals surface area contributed by atoms with Crippen LogP contribution in [0.15, 0.2) is 91.0 Å². The maximum Gasteiger partial charge on any atom is 0.251 e. The number of thioether (sulfide) groups is 1. The van der Waals surface area contributed by atoms with Gasteiger partial charge in [0.05, 0.1) is 5.52 Å². The highest BCUT2D eigenvalue weighted by Crippen LogP contribution is 2.35. The predicted molar refractivity (Wildman–Crippen MR) is 141 cm³/mol. The van der Waals surface area contributed by atoms with E-state index in [-0.39, 0.29) is 5.91 Å². The molecule has 1 heterocycles. The minimum atomic E-state index is -0.194. The maximum absolute atomic E-state index is 12.1. The number of benzene rings is 2. The fraction of sp³-hybridized carbons (Fsp3) is 0.143. The van der Waals surface area contributed by atoms with Crippen molar-refractivity contribution in [2.24, 2.45) is 0 Å². The number of nitrogens with one attached hydrogen (secondary N) is 1. The first-order chi connectivity index (χ1) is 16.0. The Kier molecular flexibility index (Phi) is 8.28. The fourth-order valence-corrected chi connectivity index (χ4v) is 4.29. The van der Waals surface area contributed by atoms with Crippen LogP contribution in [-0.2, 0) is 4.79 Å². The lowest BCUT2D eigenvalue weighted by Gasteiger charge is -2.14. The van der Waals surface area contributed by atoms with E-state index >= 15 is 0 Å². The Hall–Kier alpha value is -3.57. The maximum atomic E-state index is 12.1. The number of pyridine rings is 1. The zero-order valence-electron chi connectivity index (χ0n) is 19.2. The smallest absolute Gasteiger partial charge is 0.251 e. The van der Waals surface area contributed by atoms with E-state index in [2.05, 4.69) is 36.4 Å². The Morgan fingerprint density at radius 1 is 1.21 bits per heavy atom. The lowest BCUT2D eigenvalue weighted by molar-refractivity contribution is -0.115. The second-order valence-corrected chi connectivity index (χ2v) is 8.46. The number of nitrogens with zero attached hydrogens (tertiary/aromatic N) is 1. The van der Waals surface area contributed by atoms with Crippen LogP contribution in [-0.4, -0.2) is 23.7 Å². The SMILES string of the molecule is C=C/C=C(\C=C/C)c1ccc2c(Oc3ccc(C(=C)C(=O)NC)c(SCC)c3)ccnc2c1. The van der Waals surface area contributed by atoms with Crippen LogP contribution in [0.2, 0.25) is 0 Å². The number of carbonyl (C=O) groups excluding carboxylic acids is 1. The minimum absolute atomic E-state index is 0.194. The Morgan fingerprint density at radius 3 is 2.73 bits per heavy atom. The van der Waals surface area contributed by atoms with Gasteiger partial charge in [0.25, 0.3) is 5.91 Å². The number of ether oxygens (including phenoxy) is 1. The third kappa shape index (κ3) is 5.62. The van der Waals surface area contributed by atoms with Gasteiger partial charge in [-0.2, -0.15) is 0 Å². The molecule has 2 aromatic carbocycles. The van der Waals surface area contributed by atoms with E-state index in [1.165, 1.54) is 0 Å². The number of aromatic nitrogens is 1. The van der Waals surface area contributed by atoms with E-state index in [0.29, 0.717) is 11.3 Å². The first-order valence-corrected chi connectivity index (χ1v) is 11.7. The molecule has 0 bridgehead atoms. The van der Waals surface area contributed by atoms with Gasteiger partial charge < -0.3 is 10.1 Å². The Bertz CT molecular complexity index is 1260. The van der Waals surface area contributed by atoms with Crippen LogP contribution in [0.3, 0.4) is 0 Å². The van der Waals surface area contributed by atoms with Gasteiger partial charge in [0.1, 0.15) is 11.5 Å². The van der Waals surface area contributed by atoms with Crippen LogP contribution in [0.1, 0.15) is 25.0 Å². The van der Waals surface area contributed by atoms with Crippen LogP contribution in [0.4, 0.5) is 0 Å². The van der Waals surface area contributed by atoms with Crippen LogP contribution in [0.25, 0.3) is 22.0 Å². The van der Waals surface area contributed by atoms with Gasteiger partial charge >= 0.3 is 0 Å². The molecular weight excluding hydrogens is 428 g/mol. The fourth-order valence-electron chi connectivity index (χ4n) is 3.44. The average Bonchev–Trinajstić information content (AvgIpc) is 2.83. The summed E-state index contributed by atoms with van der Waals surface area (Å²) in [6.45, 7) is 11.8. The number of carbonyl (C=O) groups is 1. The van der Waals surface area contributed by atoms with Crippen molar-refractivity contribution in [3.8, 4) is 11.5 Å². The van der Waals surface area contributed by atoms with E-state index in [1.807, 2.05) is 61.5 Å². The molecule has 0 radical (unpaired) electrons. The predicted octanol–water partition coefficient (Wildman–Crippen LogP) is 7.04. The van der Waals surface area contributed by atoms with Crippen molar-refractivity contribution in [1.29, 1.82) is 0 Å². The lowest BCUT2D eigenvalue weighted by atomic mass is 10.0. The Morgan fingerprint density at radius 2 is 2.03 bits per heavy atom. The largest absolute Gasteiger partial charge is 0.457 e. The van der Waals surface area contributed by atoms with Gasteiger partial charge in [-0.25, -0.2) is 0 Å². The van der Waals surface area contributed by atoms with E-state index in [9.17, 15) is 4.79 Å². The molecule has 0 aliphatic rings. The molecule has 0 aliphatic heterocycles. The van der Waals surface area contributed by atoms with Gasteiger partial charge in [0.15, 0.2) is 0 Å². The molecule has 168 valence electrons. The Labute approximate surface area is 199 Å². The molecule has 0 atom stereocenters. The number of hydrogen-bond donors (Lipinski definition) is 1. The van der Waals surface area contributed by atoms with E-state index < -0.39 is 0 Å². The molecule has 1 amide bonds. The highest BCUT2D eigenvalue weighted by atomic mass is 32.2. The monoisotopic (exact) mass is 456 g/mol. The Balaban J connectivity index is 1.98. The number of rotatable bonds is 9. The first-order valence-electron chi connectivity index (χ1n) is 10.7. The molecule has 0 aliphatic carbocycles. The van der Waals surface area contributed by atoms with Gasteiger partial charge in [-0.1, -0.05) is 50.5 Å². The molecule has 1 aromatic heterocycles. The summed E-state index contributed by atoms with van der Waals surface area (Å²) in [5.41, 5.74) is 4.21. The summed E-state index contributed by atoms with van der Waals surface area (Å²) in [5.74, 6) is 2.08. The third-order valence-electron chi connectivity index (χ3n) is 4.99. The summed E-state index contributed by atoms with van der Waals surface area (Å²) in [6.07, 6.45) is 9.55. The van der Waals surface area contributed by atoms with Crippen molar-refractivity contribution in [3.05, 3.63) is 97.3 Å². The number of likely N-dealkylation sites (N-methyl/N-ethyl adjacent to an activating group) is 1. The minimum Gasteiger partial charge on any atom is -0.457 e. The van der Waals surface area contributed by atoms with Crippen molar-refractivity contribution >= 4 is 39.7 Å². The van der Waals surface area contributed by atoms with Crippen LogP contribution in [0.5, 0.6) is 11.5 Å². The molecule has 4 nitrogen and oxygen atoms in total. The van der Waals surface area contributed by atoms with Crippen LogP contribution >= 0.6 is 11.8 Å².